The van der Waals surface area contributed by atoms with Gasteiger partial charge in [-0.25, -0.2) is 0 Å². The highest BCUT2D eigenvalue weighted by atomic mass is 16.5. The standard InChI is InChI=1S/C18H19NO2/c1-19-18(13-8-9-20-11-13)12-6-7-17-15(10-12)14-4-2-3-5-16(14)21-17/h2-7,10,13,18-19H,8-9,11H2,1H3. The minimum absolute atomic E-state index is 0.338. The van der Waals surface area contributed by atoms with Crippen LogP contribution < -0.4 is 5.32 Å². The van der Waals surface area contributed by atoms with Crippen LogP contribution in [0.2, 0.25) is 0 Å². The third-order valence-electron chi connectivity index (χ3n) is 4.51. The lowest BCUT2D eigenvalue weighted by molar-refractivity contribution is 0.178. The highest BCUT2D eigenvalue weighted by molar-refractivity contribution is 6.05. The van der Waals surface area contributed by atoms with Gasteiger partial charge in [-0.05, 0) is 37.2 Å². The van der Waals surface area contributed by atoms with Crippen molar-refractivity contribution < 1.29 is 9.15 Å². The first-order valence-corrected chi connectivity index (χ1v) is 7.53. The van der Waals surface area contributed by atoms with Gasteiger partial charge in [-0.2, -0.15) is 0 Å². The van der Waals surface area contributed by atoms with Gasteiger partial charge >= 0.3 is 0 Å². The number of hydrogen-bond donors (Lipinski definition) is 1. The molecule has 2 heterocycles. The summed E-state index contributed by atoms with van der Waals surface area (Å²) >= 11 is 0. The summed E-state index contributed by atoms with van der Waals surface area (Å²) in [6, 6.07) is 15.1. The highest BCUT2D eigenvalue weighted by Crippen LogP contribution is 2.34. The first-order chi connectivity index (χ1) is 10.4. The number of fused-ring (bicyclic) bond motifs is 3. The summed E-state index contributed by atoms with van der Waals surface area (Å²) in [6.45, 7) is 1.72. The second-order valence-electron chi connectivity index (χ2n) is 5.74. The molecule has 1 fully saturated rings. The SMILES string of the molecule is CNC(c1ccc2oc3ccccc3c2c1)C1CCOC1. The Morgan fingerprint density at radius 2 is 1.95 bits per heavy atom. The molecular formula is C18H19NO2. The van der Waals surface area contributed by atoms with Crippen LogP contribution in [0.15, 0.2) is 46.9 Å². The van der Waals surface area contributed by atoms with Crippen molar-refractivity contribution in [3.63, 3.8) is 0 Å². The second-order valence-corrected chi connectivity index (χ2v) is 5.74. The molecule has 2 aromatic carbocycles. The predicted molar refractivity (Wildman–Crippen MR) is 84.4 cm³/mol. The Bertz CT molecular complexity index is 771. The maximum absolute atomic E-state index is 5.90. The van der Waals surface area contributed by atoms with E-state index in [1.165, 1.54) is 16.3 Å². The van der Waals surface area contributed by atoms with E-state index in [-0.39, 0.29) is 0 Å². The lowest BCUT2D eigenvalue weighted by Gasteiger charge is -2.22. The summed E-state index contributed by atoms with van der Waals surface area (Å²) in [5, 5.41) is 5.84. The Morgan fingerprint density at radius 3 is 2.76 bits per heavy atom. The maximum Gasteiger partial charge on any atom is 0.135 e. The Labute approximate surface area is 123 Å². The number of furan rings is 1. The number of ether oxygens (including phenoxy) is 1. The van der Waals surface area contributed by atoms with Gasteiger partial charge in [-0.15, -0.1) is 0 Å². The first kappa shape index (κ1) is 12.9. The Kier molecular flexibility index (Phi) is 3.17. The molecule has 3 nitrogen and oxygen atoms in total. The molecule has 108 valence electrons. The van der Waals surface area contributed by atoms with E-state index >= 15 is 0 Å². The van der Waals surface area contributed by atoms with Crippen LogP contribution in [-0.4, -0.2) is 20.3 Å². The normalized spacial score (nSPS) is 20.3. The van der Waals surface area contributed by atoms with E-state index in [1.807, 2.05) is 19.2 Å². The fourth-order valence-corrected chi connectivity index (χ4v) is 3.43. The molecule has 2 atom stereocenters. The van der Waals surface area contributed by atoms with Crippen molar-refractivity contribution in [1.29, 1.82) is 0 Å². The molecule has 0 bridgehead atoms. The molecule has 3 heteroatoms. The number of rotatable bonds is 3. The molecule has 0 radical (unpaired) electrons. The van der Waals surface area contributed by atoms with E-state index < -0.39 is 0 Å². The van der Waals surface area contributed by atoms with Crippen LogP contribution >= 0.6 is 0 Å². The largest absolute Gasteiger partial charge is 0.456 e. The molecular weight excluding hydrogens is 262 g/mol. The summed E-state index contributed by atoms with van der Waals surface area (Å²) in [7, 11) is 2.03. The van der Waals surface area contributed by atoms with Crippen molar-refractivity contribution in [2.75, 3.05) is 20.3 Å². The molecule has 21 heavy (non-hydrogen) atoms. The van der Waals surface area contributed by atoms with Gasteiger partial charge in [0.1, 0.15) is 11.2 Å². The van der Waals surface area contributed by atoms with Crippen LogP contribution in [-0.2, 0) is 4.74 Å². The Balaban J connectivity index is 1.83. The van der Waals surface area contributed by atoms with Gasteiger partial charge in [-0.3, -0.25) is 0 Å². The van der Waals surface area contributed by atoms with Gasteiger partial charge in [0.25, 0.3) is 0 Å². The third-order valence-corrected chi connectivity index (χ3v) is 4.51. The van der Waals surface area contributed by atoms with Gasteiger partial charge in [0, 0.05) is 29.3 Å². The van der Waals surface area contributed by atoms with Crippen molar-refractivity contribution in [1.82, 2.24) is 5.32 Å². The van der Waals surface area contributed by atoms with Crippen molar-refractivity contribution in [2.45, 2.75) is 12.5 Å². The zero-order valence-corrected chi connectivity index (χ0v) is 12.1. The van der Waals surface area contributed by atoms with Crippen LogP contribution in [0.4, 0.5) is 0 Å². The topological polar surface area (TPSA) is 34.4 Å². The average molecular weight is 281 g/mol. The molecule has 0 saturated carbocycles. The number of nitrogens with one attached hydrogen (secondary N) is 1. The summed E-state index contributed by atoms with van der Waals surface area (Å²) < 4.78 is 11.4. The van der Waals surface area contributed by atoms with Crippen LogP contribution in [0.1, 0.15) is 18.0 Å². The quantitative estimate of drug-likeness (QED) is 0.791. The Morgan fingerprint density at radius 1 is 1.10 bits per heavy atom. The predicted octanol–water partition coefficient (Wildman–Crippen LogP) is 3.88. The van der Waals surface area contributed by atoms with Crippen LogP contribution in [0, 0.1) is 5.92 Å². The zero-order valence-electron chi connectivity index (χ0n) is 12.1. The molecule has 3 aromatic rings. The molecule has 1 aliphatic rings. The van der Waals surface area contributed by atoms with Crippen LogP contribution in [0.3, 0.4) is 0 Å². The van der Waals surface area contributed by atoms with E-state index in [9.17, 15) is 0 Å². The highest BCUT2D eigenvalue weighted by Gasteiger charge is 2.26. The van der Waals surface area contributed by atoms with Crippen molar-refractivity contribution in [3.8, 4) is 0 Å². The average Bonchev–Trinajstić information content (AvgIpc) is 3.15. The van der Waals surface area contributed by atoms with E-state index in [0.29, 0.717) is 12.0 Å². The van der Waals surface area contributed by atoms with Crippen LogP contribution in [0.25, 0.3) is 21.9 Å². The number of hydrogen-bond acceptors (Lipinski definition) is 3. The summed E-state index contributed by atoms with van der Waals surface area (Å²) in [6.07, 6.45) is 1.12. The molecule has 1 N–H and O–H groups in total. The fraction of sp³-hybridized carbons (Fsp3) is 0.333. The molecule has 1 aromatic heterocycles. The van der Waals surface area contributed by atoms with Gasteiger partial charge in [0.15, 0.2) is 0 Å². The molecule has 2 unspecified atom stereocenters. The minimum Gasteiger partial charge on any atom is -0.456 e. The van der Waals surface area contributed by atoms with E-state index in [2.05, 4.69) is 35.6 Å². The van der Waals surface area contributed by atoms with Crippen LogP contribution in [0.5, 0.6) is 0 Å². The third kappa shape index (κ3) is 2.13. The molecule has 0 amide bonds. The number of benzene rings is 2. The summed E-state index contributed by atoms with van der Waals surface area (Å²) in [4.78, 5) is 0. The molecule has 0 spiro atoms. The Hall–Kier alpha value is -1.84. The van der Waals surface area contributed by atoms with Gasteiger partial charge in [0.2, 0.25) is 0 Å². The fourth-order valence-electron chi connectivity index (χ4n) is 3.43. The smallest absolute Gasteiger partial charge is 0.135 e. The second kappa shape index (κ2) is 5.17. The van der Waals surface area contributed by atoms with E-state index in [4.69, 9.17) is 9.15 Å². The van der Waals surface area contributed by atoms with Crippen molar-refractivity contribution >= 4 is 21.9 Å². The van der Waals surface area contributed by atoms with E-state index in [0.717, 1.165) is 30.8 Å². The lowest BCUT2D eigenvalue weighted by atomic mass is 9.91. The minimum atomic E-state index is 0.338. The molecule has 1 saturated heterocycles. The van der Waals surface area contributed by atoms with Gasteiger partial charge in [-0.1, -0.05) is 24.3 Å². The lowest BCUT2D eigenvalue weighted by Crippen LogP contribution is -2.25. The van der Waals surface area contributed by atoms with Gasteiger partial charge < -0.3 is 14.5 Å². The van der Waals surface area contributed by atoms with Crippen molar-refractivity contribution in [2.24, 2.45) is 5.92 Å². The van der Waals surface area contributed by atoms with Crippen molar-refractivity contribution in [3.05, 3.63) is 48.0 Å². The zero-order chi connectivity index (χ0) is 14.2. The monoisotopic (exact) mass is 281 g/mol. The molecule has 1 aliphatic heterocycles. The number of para-hydroxylation sites is 1. The van der Waals surface area contributed by atoms with Gasteiger partial charge in [0.05, 0.1) is 6.61 Å². The first-order valence-electron chi connectivity index (χ1n) is 7.53. The van der Waals surface area contributed by atoms with E-state index in [1.54, 1.807) is 0 Å². The molecule has 0 aliphatic carbocycles. The summed E-state index contributed by atoms with van der Waals surface area (Å²) in [5.41, 5.74) is 3.22. The summed E-state index contributed by atoms with van der Waals surface area (Å²) in [5.74, 6) is 0.547. The maximum atomic E-state index is 5.90. The molecule has 4 rings (SSSR count).